The van der Waals surface area contributed by atoms with Crippen LogP contribution in [0.25, 0.3) is 60.2 Å². The van der Waals surface area contributed by atoms with Gasteiger partial charge in [-0.15, -0.1) is 0 Å². The molecule has 4 aromatic heterocycles. The monoisotopic (exact) mass is 570 g/mol. The molecule has 0 bridgehead atoms. The third kappa shape index (κ3) is 3.46. The first-order chi connectivity index (χ1) is 21.2. The van der Waals surface area contributed by atoms with Gasteiger partial charge in [0.05, 0.1) is 27.6 Å². The largest absolute Gasteiger partial charge is 0.309 e. The van der Waals surface area contributed by atoms with Gasteiger partial charge in [0.2, 0.25) is 0 Å². The van der Waals surface area contributed by atoms with Crippen molar-refractivity contribution in [2.24, 2.45) is 0 Å². The molecule has 43 heavy (non-hydrogen) atoms. The maximum Gasteiger partial charge on any atom is 0.171 e. The molecule has 0 spiro atoms. The zero-order chi connectivity index (χ0) is 28.5. The van der Waals surface area contributed by atoms with Gasteiger partial charge in [-0.3, -0.25) is 14.4 Å². The van der Waals surface area contributed by atoms with Crippen molar-refractivity contribution in [1.82, 2.24) is 19.4 Å². The minimum atomic E-state index is -3.40. The van der Waals surface area contributed by atoms with Crippen LogP contribution in [0.3, 0.4) is 0 Å². The van der Waals surface area contributed by atoms with E-state index in [1.165, 1.54) is 0 Å². The molecule has 1 unspecified atom stereocenters. The van der Waals surface area contributed by atoms with Gasteiger partial charge in [0.1, 0.15) is 5.65 Å². The average molecular weight is 571 g/mol. The van der Waals surface area contributed by atoms with Crippen molar-refractivity contribution >= 4 is 83.2 Å². The highest BCUT2D eigenvalue weighted by molar-refractivity contribution is 7.85. The lowest BCUT2D eigenvalue weighted by atomic mass is 10.1. The summed E-state index contributed by atoms with van der Waals surface area (Å²) in [5.41, 5.74) is 5.60. The van der Waals surface area contributed by atoms with E-state index in [0.29, 0.717) is 0 Å². The Labute approximate surface area is 246 Å². The molecule has 1 atom stereocenters. The molecule has 0 fully saturated rings. The second-order valence-corrected chi connectivity index (χ2v) is 13.6. The summed E-state index contributed by atoms with van der Waals surface area (Å²) in [4.78, 5) is 14.3. The van der Waals surface area contributed by atoms with E-state index in [1.807, 2.05) is 84.9 Å². The highest BCUT2D eigenvalue weighted by Crippen LogP contribution is 2.46. The van der Waals surface area contributed by atoms with Crippen molar-refractivity contribution in [1.29, 1.82) is 0 Å². The fourth-order valence-corrected chi connectivity index (χ4v) is 9.37. The van der Waals surface area contributed by atoms with E-state index in [9.17, 15) is 0 Å². The van der Waals surface area contributed by atoms with Crippen molar-refractivity contribution in [2.45, 2.75) is 0 Å². The summed E-state index contributed by atoms with van der Waals surface area (Å²) in [6.07, 6.45) is 3.54. The quantitative estimate of drug-likeness (QED) is 0.163. The SMILES string of the molecule is O=P(c1ccc2cccnc2c1)(c1ccc2c(c1)c1ccccc1n1c3ccccc3nc21)c1ccnc2ccccc12. The minimum absolute atomic E-state index is 0.742. The van der Waals surface area contributed by atoms with Crippen LogP contribution >= 0.6 is 7.14 Å². The van der Waals surface area contributed by atoms with Crippen LogP contribution in [0.5, 0.6) is 0 Å². The first-order valence-corrected chi connectivity index (χ1v) is 15.9. The van der Waals surface area contributed by atoms with E-state index >= 15 is 4.57 Å². The number of benzene rings is 5. The smallest absolute Gasteiger partial charge is 0.171 e. The van der Waals surface area contributed by atoms with E-state index in [-0.39, 0.29) is 0 Å². The summed E-state index contributed by atoms with van der Waals surface area (Å²) >= 11 is 0. The molecule has 0 radical (unpaired) electrons. The minimum Gasteiger partial charge on any atom is -0.309 e. The number of fused-ring (bicyclic) bond motifs is 10. The Hall–Kier alpha value is -5.38. The van der Waals surface area contributed by atoms with Gasteiger partial charge in [-0.2, -0.15) is 0 Å². The summed E-state index contributed by atoms with van der Waals surface area (Å²) in [5.74, 6) is 0. The normalized spacial score (nSPS) is 13.4. The Morgan fingerprint density at radius 1 is 0.512 bits per heavy atom. The number of pyridine rings is 3. The number of aromatic nitrogens is 4. The number of imidazole rings is 1. The van der Waals surface area contributed by atoms with E-state index in [2.05, 4.69) is 56.8 Å². The predicted octanol–water partition coefficient (Wildman–Crippen LogP) is 7.53. The molecule has 6 heteroatoms. The highest BCUT2D eigenvalue weighted by Gasteiger charge is 2.32. The lowest BCUT2D eigenvalue weighted by Crippen LogP contribution is -2.26. The topological polar surface area (TPSA) is 60.2 Å². The summed E-state index contributed by atoms with van der Waals surface area (Å²) in [7, 11) is -3.40. The maximum absolute atomic E-state index is 16.0. The van der Waals surface area contributed by atoms with Crippen LogP contribution in [0.2, 0.25) is 0 Å². The first kappa shape index (κ1) is 24.2. The number of para-hydroxylation sites is 4. The molecular formula is C37H23N4OP. The summed E-state index contributed by atoms with van der Waals surface area (Å²) in [6, 6.07) is 42.6. The molecule has 202 valence electrons. The summed E-state index contributed by atoms with van der Waals surface area (Å²) < 4.78 is 18.2. The Balaban J connectivity index is 1.41. The van der Waals surface area contributed by atoms with Crippen LogP contribution < -0.4 is 15.9 Å². The summed E-state index contributed by atoms with van der Waals surface area (Å²) in [5, 5.41) is 7.29. The number of nitrogens with zero attached hydrogens (tertiary/aromatic N) is 4. The fraction of sp³-hybridized carbons (Fsp3) is 0. The van der Waals surface area contributed by atoms with Crippen molar-refractivity contribution in [2.75, 3.05) is 0 Å². The zero-order valence-electron chi connectivity index (χ0n) is 22.9. The van der Waals surface area contributed by atoms with Crippen LogP contribution in [-0.2, 0) is 4.57 Å². The molecule has 0 aliphatic rings. The van der Waals surface area contributed by atoms with E-state index in [1.54, 1.807) is 12.4 Å². The Morgan fingerprint density at radius 3 is 2.14 bits per heavy atom. The highest BCUT2D eigenvalue weighted by atomic mass is 31.2. The number of hydrogen-bond donors (Lipinski definition) is 0. The second kappa shape index (κ2) is 9.06. The Bertz CT molecular complexity index is 2620. The maximum atomic E-state index is 16.0. The molecule has 0 saturated carbocycles. The Kier molecular flexibility index (Phi) is 5.11. The van der Waals surface area contributed by atoms with Gasteiger partial charge in [0.15, 0.2) is 7.14 Å². The molecule has 5 nitrogen and oxygen atoms in total. The van der Waals surface area contributed by atoms with Crippen LogP contribution in [0.1, 0.15) is 0 Å². The lowest BCUT2D eigenvalue weighted by molar-refractivity contribution is 0.592. The van der Waals surface area contributed by atoms with Gasteiger partial charge in [-0.05, 0) is 60.0 Å². The van der Waals surface area contributed by atoms with Crippen molar-refractivity contribution in [3.05, 3.63) is 140 Å². The van der Waals surface area contributed by atoms with Gasteiger partial charge in [0.25, 0.3) is 0 Å². The van der Waals surface area contributed by atoms with Crippen LogP contribution in [0.15, 0.2) is 140 Å². The first-order valence-electron chi connectivity index (χ1n) is 14.2. The fourth-order valence-electron chi connectivity index (χ4n) is 6.53. The standard InChI is InChI=1S/C37H23N4OP/c42-43(26-16-15-24-8-7-20-38-33(24)23-26,36-19-21-39-31-11-3-1-10-29(31)36)25-17-18-28-30(22-25)27-9-2-5-13-34(27)41-35-14-6-4-12-32(35)40-37(28)41/h1-23H. The zero-order valence-corrected chi connectivity index (χ0v) is 23.8. The van der Waals surface area contributed by atoms with E-state index in [0.717, 1.165) is 76.1 Å². The third-order valence-electron chi connectivity index (χ3n) is 8.52. The molecule has 0 N–H and O–H groups in total. The molecule has 0 saturated heterocycles. The van der Waals surface area contributed by atoms with Gasteiger partial charge in [-0.1, -0.05) is 72.8 Å². The lowest BCUT2D eigenvalue weighted by Gasteiger charge is -2.22. The van der Waals surface area contributed by atoms with Gasteiger partial charge in [-0.25, -0.2) is 4.98 Å². The molecule has 0 aliphatic carbocycles. The number of hydrogen-bond acceptors (Lipinski definition) is 4. The van der Waals surface area contributed by atoms with Gasteiger partial charge >= 0.3 is 0 Å². The Morgan fingerprint density at radius 2 is 1.23 bits per heavy atom. The average Bonchev–Trinajstić information content (AvgIpc) is 3.47. The van der Waals surface area contributed by atoms with Crippen molar-refractivity contribution in [3.63, 3.8) is 0 Å². The van der Waals surface area contributed by atoms with Crippen LogP contribution in [0, 0.1) is 0 Å². The summed E-state index contributed by atoms with van der Waals surface area (Å²) in [6.45, 7) is 0. The molecule has 0 aliphatic heterocycles. The van der Waals surface area contributed by atoms with Crippen LogP contribution in [0.4, 0.5) is 0 Å². The number of rotatable bonds is 3. The van der Waals surface area contributed by atoms with E-state index in [4.69, 9.17) is 4.98 Å². The third-order valence-corrected chi connectivity index (χ3v) is 11.6. The van der Waals surface area contributed by atoms with E-state index < -0.39 is 7.14 Å². The molecular weight excluding hydrogens is 547 g/mol. The van der Waals surface area contributed by atoms with Crippen molar-refractivity contribution in [3.8, 4) is 0 Å². The van der Waals surface area contributed by atoms with Gasteiger partial charge in [0, 0.05) is 49.9 Å². The van der Waals surface area contributed by atoms with Crippen LogP contribution in [-0.4, -0.2) is 19.4 Å². The molecule has 9 aromatic rings. The van der Waals surface area contributed by atoms with Gasteiger partial charge < -0.3 is 4.57 Å². The molecule has 5 aromatic carbocycles. The predicted molar refractivity (Wildman–Crippen MR) is 178 cm³/mol. The second-order valence-electron chi connectivity index (χ2n) is 10.8. The van der Waals surface area contributed by atoms with Crippen molar-refractivity contribution < 1.29 is 4.57 Å². The molecule has 9 rings (SSSR count). The molecule has 4 heterocycles. The molecule has 0 amide bonds.